The summed E-state index contributed by atoms with van der Waals surface area (Å²) in [6, 6.07) is 10.7. The van der Waals surface area contributed by atoms with Gasteiger partial charge in [-0.05, 0) is 97.0 Å². The van der Waals surface area contributed by atoms with E-state index in [4.69, 9.17) is 4.74 Å². The number of benzene rings is 1. The van der Waals surface area contributed by atoms with Crippen LogP contribution < -0.4 is 0 Å². The smallest absolute Gasteiger partial charge is 0.302 e. The molecule has 2 heteroatoms. The van der Waals surface area contributed by atoms with Crippen LogP contribution in [0.4, 0.5) is 0 Å². The normalized spacial score (nSPS) is 41.8. The minimum absolute atomic E-state index is 0.108. The zero-order valence-corrected chi connectivity index (χ0v) is 19.5. The zero-order valence-electron chi connectivity index (χ0n) is 19.5. The predicted octanol–water partition coefficient (Wildman–Crippen LogP) is 7.21. The van der Waals surface area contributed by atoms with Gasteiger partial charge in [0, 0.05) is 6.92 Å². The van der Waals surface area contributed by atoms with Crippen molar-refractivity contribution in [2.45, 2.75) is 78.2 Å². The Labute approximate surface area is 188 Å². The second-order valence-electron chi connectivity index (χ2n) is 11.3. The van der Waals surface area contributed by atoms with Gasteiger partial charge in [0.1, 0.15) is 6.10 Å². The van der Waals surface area contributed by atoms with Crippen LogP contribution in [0.25, 0.3) is 6.08 Å². The summed E-state index contributed by atoms with van der Waals surface area (Å²) in [6.07, 6.45) is 17.4. The molecule has 0 bridgehead atoms. The molecular formula is C29H38O2. The number of hydrogen-bond acceptors (Lipinski definition) is 2. The SMILES string of the molecule is CC(=O)O[C@H]1CC[C@]2(C)[C@H](CC[C@@H]3[C@H]4CC=C(C=Cc5ccccc5)[C@@]4(C)CC[C@@H]32)C1. The number of allylic oxidation sites excluding steroid dienone is 3. The lowest BCUT2D eigenvalue weighted by atomic mass is 9.44. The molecule has 0 spiro atoms. The summed E-state index contributed by atoms with van der Waals surface area (Å²) < 4.78 is 5.63. The van der Waals surface area contributed by atoms with Crippen molar-refractivity contribution in [2.75, 3.05) is 0 Å². The molecule has 2 nitrogen and oxygen atoms in total. The van der Waals surface area contributed by atoms with Gasteiger partial charge in [-0.3, -0.25) is 4.79 Å². The minimum Gasteiger partial charge on any atom is -0.463 e. The Morgan fingerprint density at radius 3 is 2.58 bits per heavy atom. The second-order valence-corrected chi connectivity index (χ2v) is 11.3. The van der Waals surface area contributed by atoms with Crippen molar-refractivity contribution in [1.82, 2.24) is 0 Å². The summed E-state index contributed by atoms with van der Waals surface area (Å²) in [4.78, 5) is 11.5. The fourth-order valence-electron chi connectivity index (χ4n) is 8.17. The summed E-state index contributed by atoms with van der Waals surface area (Å²) in [5, 5.41) is 0. The summed E-state index contributed by atoms with van der Waals surface area (Å²) in [6.45, 7) is 6.69. The van der Waals surface area contributed by atoms with Crippen molar-refractivity contribution >= 4 is 12.0 Å². The highest BCUT2D eigenvalue weighted by atomic mass is 16.5. The van der Waals surface area contributed by atoms with E-state index in [9.17, 15) is 4.79 Å². The Balaban J connectivity index is 1.32. The number of hydrogen-bond donors (Lipinski definition) is 0. The third-order valence-corrected chi connectivity index (χ3v) is 9.85. The quantitative estimate of drug-likeness (QED) is 0.485. The molecule has 7 atom stereocenters. The van der Waals surface area contributed by atoms with Crippen LogP contribution in [0.3, 0.4) is 0 Å². The molecule has 1 aromatic rings. The molecule has 4 aliphatic carbocycles. The summed E-state index contributed by atoms with van der Waals surface area (Å²) in [5.74, 6) is 3.11. The molecule has 0 N–H and O–H groups in total. The van der Waals surface area contributed by atoms with Gasteiger partial charge < -0.3 is 4.74 Å². The fraction of sp³-hybridized carbons (Fsp3) is 0.621. The Bertz CT molecular complexity index is 883. The van der Waals surface area contributed by atoms with Crippen molar-refractivity contribution in [1.29, 1.82) is 0 Å². The van der Waals surface area contributed by atoms with Gasteiger partial charge in [-0.15, -0.1) is 0 Å². The van der Waals surface area contributed by atoms with Gasteiger partial charge in [-0.2, -0.15) is 0 Å². The standard InChI is InChI=1S/C29H38O2/c1-20(30)31-24-15-17-29(3)23(19-24)11-13-25-26-14-12-22(28(26,2)18-16-27(25)29)10-9-21-7-5-4-6-8-21/h4-10,12,23-27H,11,13-19H2,1-3H3/t23-,24+,25-,26-,27+,28-,29-/m1/s1. The Morgan fingerprint density at radius 1 is 1.00 bits per heavy atom. The van der Waals surface area contributed by atoms with Crippen LogP contribution >= 0.6 is 0 Å². The van der Waals surface area contributed by atoms with E-state index in [1.54, 1.807) is 12.5 Å². The van der Waals surface area contributed by atoms with Crippen molar-refractivity contribution in [3.05, 3.63) is 53.6 Å². The topological polar surface area (TPSA) is 26.3 Å². The second kappa shape index (κ2) is 7.94. The highest BCUT2D eigenvalue weighted by molar-refractivity contribution is 5.66. The molecule has 3 fully saturated rings. The van der Waals surface area contributed by atoms with Gasteiger partial charge in [-0.1, -0.05) is 62.4 Å². The highest BCUT2D eigenvalue weighted by Crippen LogP contribution is 2.66. The maximum Gasteiger partial charge on any atom is 0.302 e. The first-order valence-corrected chi connectivity index (χ1v) is 12.5. The van der Waals surface area contributed by atoms with E-state index >= 15 is 0 Å². The monoisotopic (exact) mass is 418 g/mol. The molecule has 5 rings (SSSR count). The number of ether oxygens (including phenoxy) is 1. The van der Waals surface area contributed by atoms with E-state index in [1.165, 1.54) is 44.1 Å². The van der Waals surface area contributed by atoms with Crippen LogP contribution in [-0.2, 0) is 9.53 Å². The van der Waals surface area contributed by atoms with Gasteiger partial charge in [0.25, 0.3) is 0 Å². The summed E-state index contributed by atoms with van der Waals surface area (Å²) in [7, 11) is 0. The van der Waals surface area contributed by atoms with Crippen LogP contribution in [0.15, 0.2) is 48.1 Å². The average Bonchev–Trinajstić information content (AvgIpc) is 3.09. The number of carbonyl (C=O) groups is 1. The lowest BCUT2D eigenvalue weighted by molar-refractivity contribution is -0.158. The molecule has 1 aromatic carbocycles. The molecule has 0 saturated heterocycles. The number of esters is 1. The average molecular weight is 419 g/mol. The van der Waals surface area contributed by atoms with E-state index in [0.29, 0.717) is 10.8 Å². The van der Waals surface area contributed by atoms with E-state index in [2.05, 4.69) is 62.4 Å². The Kier molecular flexibility index (Phi) is 5.39. The third kappa shape index (κ3) is 3.60. The van der Waals surface area contributed by atoms with E-state index in [0.717, 1.165) is 36.5 Å². The van der Waals surface area contributed by atoms with E-state index in [-0.39, 0.29) is 12.1 Å². The summed E-state index contributed by atoms with van der Waals surface area (Å²) in [5.41, 5.74) is 3.64. The molecule has 0 unspecified atom stereocenters. The van der Waals surface area contributed by atoms with Crippen LogP contribution in [0.5, 0.6) is 0 Å². The Morgan fingerprint density at radius 2 is 1.81 bits per heavy atom. The number of rotatable bonds is 3. The maximum absolute atomic E-state index is 11.5. The third-order valence-electron chi connectivity index (χ3n) is 9.85. The largest absolute Gasteiger partial charge is 0.463 e. The molecule has 3 saturated carbocycles. The van der Waals surface area contributed by atoms with E-state index in [1.807, 2.05) is 0 Å². The predicted molar refractivity (Wildman–Crippen MR) is 126 cm³/mol. The fourth-order valence-corrected chi connectivity index (χ4v) is 8.17. The first-order valence-electron chi connectivity index (χ1n) is 12.5. The lowest BCUT2D eigenvalue weighted by Gasteiger charge is -2.60. The minimum atomic E-state index is -0.108. The van der Waals surface area contributed by atoms with Crippen molar-refractivity contribution in [2.24, 2.45) is 34.5 Å². The van der Waals surface area contributed by atoms with Crippen LogP contribution in [0, 0.1) is 34.5 Å². The van der Waals surface area contributed by atoms with Crippen LogP contribution in [0.1, 0.15) is 77.7 Å². The Hall–Kier alpha value is -1.83. The molecule has 0 amide bonds. The van der Waals surface area contributed by atoms with Crippen molar-refractivity contribution < 1.29 is 9.53 Å². The van der Waals surface area contributed by atoms with Gasteiger partial charge in [-0.25, -0.2) is 0 Å². The summed E-state index contributed by atoms with van der Waals surface area (Å²) >= 11 is 0. The van der Waals surface area contributed by atoms with Gasteiger partial charge >= 0.3 is 5.97 Å². The van der Waals surface area contributed by atoms with Crippen LogP contribution in [-0.4, -0.2) is 12.1 Å². The number of carbonyl (C=O) groups excluding carboxylic acids is 1. The zero-order chi connectivity index (χ0) is 21.6. The molecular weight excluding hydrogens is 380 g/mol. The van der Waals surface area contributed by atoms with E-state index < -0.39 is 0 Å². The molecule has 0 heterocycles. The van der Waals surface area contributed by atoms with Crippen LogP contribution in [0.2, 0.25) is 0 Å². The molecule has 4 aliphatic rings. The molecule has 0 aliphatic heterocycles. The lowest BCUT2D eigenvalue weighted by Crippen LogP contribution is -2.53. The first-order chi connectivity index (χ1) is 14.9. The van der Waals surface area contributed by atoms with Gasteiger partial charge in [0.15, 0.2) is 0 Å². The molecule has 0 aromatic heterocycles. The maximum atomic E-state index is 11.5. The first kappa shape index (κ1) is 21.0. The molecule has 0 radical (unpaired) electrons. The molecule has 31 heavy (non-hydrogen) atoms. The highest BCUT2D eigenvalue weighted by Gasteiger charge is 2.58. The molecule has 166 valence electrons. The van der Waals surface area contributed by atoms with Crippen molar-refractivity contribution in [3.63, 3.8) is 0 Å². The van der Waals surface area contributed by atoms with Gasteiger partial charge in [0.05, 0.1) is 0 Å². The van der Waals surface area contributed by atoms with Gasteiger partial charge in [0.2, 0.25) is 0 Å². The number of fused-ring (bicyclic) bond motifs is 5. The van der Waals surface area contributed by atoms with Crippen molar-refractivity contribution in [3.8, 4) is 0 Å².